The third kappa shape index (κ3) is 24.0. The van der Waals surface area contributed by atoms with Crippen LogP contribution in [0.15, 0.2) is 0 Å². The van der Waals surface area contributed by atoms with Crippen LogP contribution in [-0.4, -0.2) is 50.2 Å². The lowest BCUT2D eigenvalue weighted by Crippen LogP contribution is -2.28. The van der Waals surface area contributed by atoms with Crippen molar-refractivity contribution in [1.29, 1.82) is 0 Å². The summed E-state index contributed by atoms with van der Waals surface area (Å²) in [6, 6.07) is 0. The van der Waals surface area contributed by atoms with E-state index in [0.29, 0.717) is 6.42 Å². The fraction of sp³-hybridized carbons (Fsp3) is 0.939. The Bertz CT molecular complexity index is 537. The van der Waals surface area contributed by atoms with Gasteiger partial charge in [-0.05, 0) is 59.2 Å². The maximum atomic E-state index is 13.0. The Balaban J connectivity index is 4.64. The maximum absolute atomic E-state index is 13.0. The van der Waals surface area contributed by atoms with Crippen LogP contribution in [0, 0.1) is 5.92 Å². The molecule has 0 N–H and O–H groups in total. The minimum atomic E-state index is -0.318. The van der Waals surface area contributed by atoms with Crippen molar-refractivity contribution in [3.05, 3.63) is 0 Å². The molecule has 0 fully saturated rings. The standard InChI is InChI=1S/C33H65NO4/c1-6-9-12-14-16-17-18-20-25-30(24-11-8-3)33(36)37-29-31(26-21-19-15-13-10-7-2)38-32(35)27-22-23-28-34(4)5/h30-31H,6-29H2,1-5H3/t30?,31-/m0/s1. The van der Waals surface area contributed by atoms with Crippen molar-refractivity contribution in [2.24, 2.45) is 5.92 Å². The van der Waals surface area contributed by atoms with Crippen molar-refractivity contribution in [1.82, 2.24) is 4.90 Å². The predicted molar refractivity (Wildman–Crippen MR) is 161 cm³/mol. The predicted octanol–water partition coefficient (Wildman–Crippen LogP) is 9.26. The molecular formula is C33H65NO4. The first-order valence-corrected chi connectivity index (χ1v) is 16.4. The van der Waals surface area contributed by atoms with Gasteiger partial charge in [-0.25, -0.2) is 0 Å². The van der Waals surface area contributed by atoms with E-state index in [4.69, 9.17) is 9.47 Å². The van der Waals surface area contributed by atoms with Crippen LogP contribution in [0.5, 0.6) is 0 Å². The lowest BCUT2D eigenvalue weighted by atomic mass is 9.95. The monoisotopic (exact) mass is 539 g/mol. The summed E-state index contributed by atoms with van der Waals surface area (Å²) in [6.45, 7) is 7.84. The Kier molecular flexibility index (Phi) is 26.7. The molecule has 1 unspecified atom stereocenters. The highest BCUT2D eigenvalue weighted by Gasteiger charge is 2.22. The van der Waals surface area contributed by atoms with Crippen LogP contribution in [0.4, 0.5) is 0 Å². The molecule has 0 amide bonds. The van der Waals surface area contributed by atoms with Crippen LogP contribution in [0.25, 0.3) is 0 Å². The number of hydrogen-bond donors (Lipinski definition) is 0. The summed E-state index contributed by atoms with van der Waals surface area (Å²) in [7, 11) is 4.09. The number of ether oxygens (including phenoxy) is 2. The molecule has 0 aromatic heterocycles. The summed E-state index contributed by atoms with van der Waals surface area (Å²) in [5.41, 5.74) is 0. The summed E-state index contributed by atoms with van der Waals surface area (Å²) < 4.78 is 11.6. The average Bonchev–Trinajstić information content (AvgIpc) is 2.89. The second-order valence-corrected chi connectivity index (χ2v) is 11.7. The molecule has 5 nitrogen and oxygen atoms in total. The van der Waals surface area contributed by atoms with Gasteiger partial charge in [-0.15, -0.1) is 0 Å². The molecule has 0 rings (SSSR count). The van der Waals surface area contributed by atoms with Crippen molar-refractivity contribution < 1.29 is 19.1 Å². The van der Waals surface area contributed by atoms with Gasteiger partial charge in [0, 0.05) is 6.42 Å². The van der Waals surface area contributed by atoms with Crippen LogP contribution in [-0.2, 0) is 19.1 Å². The number of nitrogens with zero attached hydrogens (tertiary/aromatic N) is 1. The Morgan fingerprint density at radius 2 is 1.11 bits per heavy atom. The van der Waals surface area contributed by atoms with Crippen molar-refractivity contribution in [3.8, 4) is 0 Å². The van der Waals surface area contributed by atoms with Gasteiger partial charge in [-0.3, -0.25) is 9.59 Å². The van der Waals surface area contributed by atoms with E-state index in [1.54, 1.807) is 0 Å². The molecule has 0 saturated carbocycles. The minimum absolute atomic E-state index is 0.0218. The van der Waals surface area contributed by atoms with Gasteiger partial charge in [0.15, 0.2) is 0 Å². The zero-order valence-corrected chi connectivity index (χ0v) is 26.2. The number of esters is 2. The first-order chi connectivity index (χ1) is 18.4. The molecule has 0 spiro atoms. The molecular weight excluding hydrogens is 474 g/mol. The first-order valence-electron chi connectivity index (χ1n) is 16.4. The number of carbonyl (C=O) groups is 2. The van der Waals surface area contributed by atoms with Gasteiger partial charge in [-0.1, -0.05) is 117 Å². The molecule has 0 aromatic carbocycles. The number of unbranched alkanes of at least 4 members (excludes halogenated alkanes) is 14. The molecule has 0 saturated heterocycles. The fourth-order valence-electron chi connectivity index (χ4n) is 4.92. The van der Waals surface area contributed by atoms with Crippen LogP contribution in [0.2, 0.25) is 0 Å². The zero-order valence-electron chi connectivity index (χ0n) is 26.2. The Morgan fingerprint density at radius 1 is 0.605 bits per heavy atom. The van der Waals surface area contributed by atoms with Gasteiger partial charge in [0.05, 0.1) is 5.92 Å². The highest BCUT2D eigenvalue weighted by molar-refractivity contribution is 5.72. The van der Waals surface area contributed by atoms with Gasteiger partial charge in [0.2, 0.25) is 0 Å². The zero-order chi connectivity index (χ0) is 28.3. The van der Waals surface area contributed by atoms with Crippen molar-refractivity contribution in [2.45, 2.75) is 168 Å². The van der Waals surface area contributed by atoms with E-state index in [2.05, 4.69) is 25.7 Å². The van der Waals surface area contributed by atoms with Gasteiger partial charge in [-0.2, -0.15) is 0 Å². The van der Waals surface area contributed by atoms with Crippen molar-refractivity contribution >= 4 is 11.9 Å². The molecule has 0 aromatic rings. The molecule has 5 heteroatoms. The van der Waals surface area contributed by atoms with Crippen LogP contribution >= 0.6 is 0 Å². The molecule has 0 aliphatic rings. The normalized spacial score (nSPS) is 13.0. The largest absolute Gasteiger partial charge is 0.462 e. The molecule has 0 heterocycles. The van der Waals surface area contributed by atoms with Crippen molar-refractivity contribution in [3.63, 3.8) is 0 Å². The van der Waals surface area contributed by atoms with E-state index in [1.165, 1.54) is 70.6 Å². The number of rotatable bonds is 28. The summed E-state index contributed by atoms with van der Waals surface area (Å²) in [5.74, 6) is -0.264. The fourth-order valence-corrected chi connectivity index (χ4v) is 4.92. The Hall–Kier alpha value is -1.10. The third-order valence-electron chi connectivity index (χ3n) is 7.47. The van der Waals surface area contributed by atoms with Gasteiger partial charge in [0.1, 0.15) is 12.7 Å². The minimum Gasteiger partial charge on any atom is -0.462 e. The van der Waals surface area contributed by atoms with Crippen LogP contribution in [0.3, 0.4) is 0 Å². The maximum Gasteiger partial charge on any atom is 0.309 e. The SMILES string of the molecule is CCCCCCCCCCC(CCCC)C(=O)OC[C@H](CCCCCCCC)OC(=O)CCCCN(C)C. The molecule has 0 radical (unpaired) electrons. The van der Waals surface area contributed by atoms with Gasteiger partial charge < -0.3 is 14.4 Å². The Morgan fingerprint density at radius 3 is 1.66 bits per heavy atom. The Labute approximate surface area is 237 Å². The summed E-state index contributed by atoms with van der Waals surface area (Å²) in [4.78, 5) is 27.7. The van der Waals surface area contributed by atoms with E-state index in [0.717, 1.165) is 70.8 Å². The highest BCUT2D eigenvalue weighted by atomic mass is 16.6. The van der Waals surface area contributed by atoms with Gasteiger partial charge >= 0.3 is 11.9 Å². The molecule has 0 bridgehead atoms. The van der Waals surface area contributed by atoms with Crippen LogP contribution < -0.4 is 0 Å². The molecule has 226 valence electrons. The number of carbonyl (C=O) groups excluding carboxylic acids is 2. The molecule has 2 atom stereocenters. The van der Waals surface area contributed by atoms with Crippen molar-refractivity contribution in [2.75, 3.05) is 27.2 Å². The van der Waals surface area contributed by atoms with E-state index >= 15 is 0 Å². The summed E-state index contributed by atoms with van der Waals surface area (Å²) >= 11 is 0. The summed E-state index contributed by atoms with van der Waals surface area (Å²) in [6.07, 6.45) is 24.0. The topological polar surface area (TPSA) is 55.8 Å². The third-order valence-corrected chi connectivity index (χ3v) is 7.47. The van der Waals surface area contributed by atoms with E-state index in [-0.39, 0.29) is 30.6 Å². The molecule has 38 heavy (non-hydrogen) atoms. The second-order valence-electron chi connectivity index (χ2n) is 11.7. The number of hydrogen-bond acceptors (Lipinski definition) is 5. The second kappa shape index (κ2) is 27.5. The highest BCUT2D eigenvalue weighted by Crippen LogP contribution is 2.21. The lowest BCUT2D eigenvalue weighted by Gasteiger charge is -2.21. The van der Waals surface area contributed by atoms with E-state index < -0.39 is 0 Å². The lowest BCUT2D eigenvalue weighted by molar-refractivity contribution is -0.162. The van der Waals surface area contributed by atoms with Gasteiger partial charge in [0.25, 0.3) is 0 Å². The van der Waals surface area contributed by atoms with E-state index in [1.807, 2.05) is 14.1 Å². The quantitative estimate of drug-likeness (QED) is 0.0732. The smallest absolute Gasteiger partial charge is 0.309 e. The summed E-state index contributed by atoms with van der Waals surface area (Å²) in [5, 5.41) is 0. The average molecular weight is 540 g/mol. The molecule has 0 aliphatic heterocycles. The van der Waals surface area contributed by atoms with E-state index in [9.17, 15) is 9.59 Å². The van der Waals surface area contributed by atoms with Crippen LogP contribution in [0.1, 0.15) is 162 Å². The molecule has 0 aliphatic carbocycles. The first kappa shape index (κ1) is 36.9.